The number of hydrogen-bond donors (Lipinski definition) is 1. The average Bonchev–Trinajstić information content (AvgIpc) is 2.97. The molecule has 2 unspecified atom stereocenters. The Morgan fingerprint density at radius 3 is 2.91 bits per heavy atom. The predicted octanol–water partition coefficient (Wildman–Crippen LogP) is 2.92. The number of nitro groups is 1. The third-order valence-electron chi connectivity index (χ3n) is 3.65. The van der Waals surface area contributed by atoms with Crippen LogP contribution in [0.15, 0.2) is 23.1 Å². The number of esters is 1. The summed E-state index contributed by atoms with van der Waals surface area (Å²) in [5.41, 5.74) is 0.864. The van der Waals surface area contributed by atoms with E-state index in [-0.39, 0.29) is 23.6 Å². The number of thioether (sulfide) groups is 1. The van der Waals surface area contributed by atoms with Crippen molar-refractivity contribution in [1.29, 1.82) is 0 Å². The number of carbonyl (C=O) groups is 1. The summed E-state index contributed by atoms with van der Waals surface area (Å²) >= 11 is 1.62. The van der Waals surface area contributed by atoms with E-state index in [4.69, 9.17) is 4.74 Å². The van der Waals surface area contributed by atoms with Crippen molar-refractivity contribution < 1.29 is 14.5 Å². The van der Waals surface area contributed by atoms with Crippen LogP contribution in [0.4, 0.5) is 5.69 Å². The van der Waals surface area contributed by atoms with Crippen molar-refractivity contribution in [1.82, 2.24) is 5.32 Å². The molecule has 1 aliphatic rings. The normalized spacial score (nSPS) is 20.8. The molecule has 1 aliphatic heterocycles. The lowest BCUT2D eigenvalue weighted by molar-refractivity contribution is -0.385. The lowest BCUT2D eigenvalue weighted by Crippen LogP contribution is -2.25. The van der Waals surface area contributed by atoms with Gasteiger partial charge in [0.1, 0.15) is 0 Å². The summed E-state index contributed by atoms with van der Waals surface area (Å²) in [7, 11) is 0. The molecule has 120 valence electrons. The Morgan fingerprint density at radius 2 is 2.27 bits per heavy atom. The summed E-state index contributed by atoms with van der Waals surface area (Å²) in [6.45, 7) is 4.85. The maximum absolute atomic E-state index is 12.1. The van der Waals surface area contributed by atoms with Gasteiger partial charge in [-0.3, -0.25) is 14.9 Å². The Labute approximate surface area is 133 Å². The smallest absolute Gasteiger partial charge is 0.310 e. The van der Waals surface area contributed by atoms with Crippen LogP contribution in [0.5, 0.6) is 0 Å². The third-order valence-corrected chi connectivity index (χ3v) is 4.62. The van der Waals surface area contributed by atoms with Crippen LogP contribution in [0.25, 0.3) is 0 Å². The van der Waals surface area contributed by atoms with Crippen molar-refractivity contribution in [2.45, 2.75) is 31.2 Å². The summed E-state index contributed by atoms with van der Waals surface area (Å²) in [6, 6.07) is 4.63. The molecule has 1 saturated heterocycles. The molecule has 6 nitrogen and oxygen atoms in total. The van der Waals surface area contributed by atoms with Crippen molar-refractivity contribution in [3.05, 3.63) is 33.9 Å². The average molecular weight is 324 g/mol. The highest BCUT2D eigenvalue weighted by molar-refractivity contribution is 7.99. The molecular formula is C15H20N2O4S. The minimum absolute atomic E-state index is 0.0479. The highest BCUT2D eigenvalue weighted by Crippen LogP contribution is 2.38. The first-order valence-electron chi connectivity index (χ1n) is 7.39. The molecule has 1 aromatic carbocycles. The van der Waals surface area contributed by atoms with Gasteiger partial charge in [-0.05, 0) is 37.3 Å². The van der Waals surface area contributed by atoms with Crippen molar-refractivity contribution >= 4 is 23.4 Å². The van der Waals surface area contributed by atoms with Crippen LogP contribution in [0.1, 0.15) is 31.9 Å². The Balaban J connectivity index is 2.37. The quantitative estimate of drug-likeness (QED) is 0.375. The molecule has 0 amide bonds. The zero-order valence-electron chi connectivity index (χ0n) is 12.7. The fourth-order valence-electron chi connectivity index (χ4n) is 2.71. The molecule has 2 atom stereocenters. The van der Waals surface area contributed by atoms with Crippen molar-refractivity contribution in [2.24, 2.45) is 5.92 Å². The molecule has 1 fully saturated rings. The van der Waals surface area contributed by atoms with Gasteiger partial charge in [0.25, 0.3) is 5.69 Å². The molecular weight excluding hydrogens is 304 g/mol. The van der Waals surface area contributed by atoms with Gasteiger partial charge in [-0.1, -0.05) is 6.92 Å². The van der Waals surface area contributed by atoms with Gasteiger partial charge in [0.05, 0.1) is 17.4 Å². The first-order chi connectivity index (χ1) is 10.6. The number of non-ortho nitro benzene ring substituents is 1. The van der Waals surface area contributed by atoms with E-state index in [2.05, 4.69) is 5.32 Å². The summed E-state index contributed by atoms with van der Waals surface area (Å²) in [5.74, 6) is 0.330. The maximum atomic E-state index is 12.1. The zero-order valence-corrected chi connectivity index (χ0v) is 13.5. The van der Waals surface area contributed by atoms with Gasteiger partial charge in [0, 0.05) is 23.1 Å². The second kappa shape index (κ2) is 7.60. The molecule has 22 heavy (non-hydrogen) atoms. The fraction of sp³-hybridized carbons (Fsp3) is 0.533. The van der Waals surface area contributed by atoms with Crippen LogP contribution in [-0.4, -0.2) is 29.8 Å². The molecule has 0 aliphatic carbocycles. The molecule has 0 spiro atoms. The van der Waals surface area contributed by atoms with E-state index in [9.17, 15) is 14.9 Å². The first-order valence-corrected chi connectivity index (χ1v) is 8.38. The number of nitrogens with zero attached hydrogens (tertiary/aromatic N) is 1. The lowest BCUT2D eigenvalue weighted by atomic mass is 9.94. The topological polar surface area (TPSA) is 81.5 Å². The SMILES string of the molecule is CCOC(=O)C1CCNC1c1cc([N+](=O)[O-])ccc1SCC. The molecule has 0 bridgehead atoms. The van der Waals surface area contributed by atoms with Gasteiger partial charge < -0.3 is 10.1 Å². The van der Waals surface area contributed by atoms with Crippen LogP contribution in [0.2, 0.25) is 0 Å². The first kappa shape index (κ1) is 16.8. The Bertz CT molecular complexity index is 564. The maximum Gasteiger partial charge on any atom is 0.310 e. The molecule has 0 saturated carbocycles. The number of nitrogens with one attached hydrogen (secondary N) is 1. The van der Waals surface area contributed by atoms with E-state index in [0.29, 0.717) is 19.6 Å². The van der Waals surface area contributed by atoms with Crippen molar-refractivity contribution in [3.63, 3.8) is 0 Å². The number of nitro benzene ring substituents is 1. The zero-order chi connectivity index (χ0) is 16.1. The summed E-state index contributed by atoms with van der Waals surface area (Å²) in [5, 5.41) is 14.3. The minimum atomic E-state index is -0.405. The van der Waals surface area contributed by atoms with Crippen LogP contribution < -0.4 is 5.32 Å². The second-order valence-electron chi connectivity index (χ2n) is 4.99. The van der Waals surface area contributed by atoms with E-state index in [1.54, 1.807) is 30.8 Å². The van der Waals surface area contributed by atoms with Crippen molar-refractivity contribution in [2.75, 3.05) is 18.9 Å². The number of benzene rings is 1. The lowest BCUT2D eigenvalue weighted by Gasteiger charge is -2.21. The monoisotopic (exact) mass is 324 g/mol. The van der Waals surface area contributed by atoms with Crippen molar-refractivity contribution in [3.8, 4) is 0 Å². The largest absolute Gasteiger partial charge is 0.466 e. The molecule has 1 N–H and O–H groups in total. The van der Waals surface area contributed by atoms with Crippen LogP contribution in [0.3, 0.4) is 0 Å². The molecule has 1 aromatic rings. The van der Waals surface area contributed by atoms with E-state index in [1.807, 2.05) is 6.92 Å². The van der Waals surface area contributed by atoms with E-state index < -0.39 is 4.92 Å². The number of rotatable bonds is 6. The second-order valence-corrected chi connectivity index (χ2v) is 6.30. The number of ether oxygens (including phenoxy) is 1. The van der Waals surface area contributed by atoms with Crippen LogP contribution in [-0.2, 0) is 9.53 Å². The van der Waals surface area contributed by atoms with Crippen LogP contribution >= 0.6 is 11.8 Å². The fourth-order valence-corrected chi connectivity index (χ4v) is 3.54. The van der Waals surface area contributed by atoms with Gasteiger partial charge >= 0.3 is 5.97 Å². The standard InChI is InChI=1S/C15H20N2O4S/c1-3-21-15(18)11-7-8-16-14(11)12-9-10(17(19)20)5-6-13(12)22-4-2/h5-6,9,11,14,16H,3-4,7-8H2,1-2H3. The highest BCUT2D eigenvalue weighted by Gasteiger charge is 2.36. The van der Waals surface area contributed by atoms with Crippen LogP contribution in [0, 0.1) is 16.0 Å². The summed E-state index contributed by atoms with van der Waals surface area (Å²) in [4.78, 5) is 23.7. The van der Waals surface area contributed by atoms with E-state index in [0.717, 1.165) is 16.2 Å². The Hall–Kier alpha value is -1.60. The highest BCUT2D eigenvalue weighted by atomic mass is 32.2. The Morgan fingerprint density at radius 1 is 1.50 bits per heavy atom. The molecule has 2 rings (SSSR count). The summed E-state index contributed by atoms with van der Waals surface area (Å²) in [6.07, 6.45) is 0.683. The molecule has 1 heterocycles. The summed E-state index contributed by atoms with van der Waals surface area (Å²) < 4.78 is 5.14. The van der Waals surface area contributed by atoms with Gasteiger partial charge in [-0.15, -0.1) is 11.8 Å². The number of carbonyl (C=O) groups excluding carboxylic acids is 1. The predicted molar refractivity (Wildman–Crippen MR) is 85.0 cm³/mol. The van der Waals surface area contributed by atoms with Gasteiger partial charge in [0.2, 0.25) is 0 Å². The van der Waals surface area contributed by atoms with Gasteiger partial charge in [0.15, 0.2) is 0 Å². The third kappa shape index (κ3) is 3.59. The molecule has 0 aromatic heterocycles. The van der Waals surface area contributed by atoms with Gasteiger partial charge in [-0.25, -0.2) is 0 Å². The van der Waals surface area contributed by atoms with Gasteiger partial charge in [-0.2, -0.15) is 0 Å². The van der Waals surface area contributed by atoms with E-state index >= 15 is 0 Å². The van der Waals surface area contributed by atoms with E-state index in [1.165, 1.54) is 6.07 Å². The minimum Gasteiger partial charge on any atom is -0.466 e. The molecule has 0 radical (unpaired) electrons. The Kier molecular flexibility index (Phi) is 5.79. The molecule has 7 heteroatoms. The number of hydrogen-bond acceptors (Lipinski definition) is 6.